The molecule has 6 nitrogen and oxygen atoms in total. The van der Waals surface area contributed by atoms with E-state index in [1.807, 2.05) is 20.1 Å². The molecule has 21 heavy (non-hydrogen) atoms. The van der Waals surface area contributed by atoms with E-state index in [2.05, 4.69) is 20.7 Å². The Hall–Kier alpha value is -0.510. The average molecular weight is 400 g/mol. The predicted octanol–water partition coefficient (Wildman–Crippen LogP) is 2.94. The van der Waals surface area contributed by atoms with Crippen molar-refractivity contribution >= 4 is 43.7 Å². The van der Waals surface area contributed by atoms with Crippen LogP contribution in [0.1, 0.15) is 37.2 Å². The molecule has 0 saturated heterocycles. The summed E-state index contributed by atoms with van der Waals surface area (Å²) in [6.07, 6.45) is 3.58. The number of hydrogen-bond donors (Lipinski definition) is 2. The van der Waals surface area contributed by atoms with Crippen LogP contribution < -0.4 is 4.72 Å². The Bertz CT molecular complexity index is 599. The van der Waals surface area contributed by atoms with Gasteiger partial charge in [0.15, 0.2) is 4.67 Å². The highest BCUT2D eigenvalue weighted by atomic mass is 79.9. The summed E-state index contributed by atoms with van der Waals surface area (Å²) in [5.41, 5.74) is 0. The molecule has 0 aliphatic heterocycles. The van der Waals surface area contributed by atoms with Crippen molar-refractivity contribution in [1.82, 2.24) is 4.72 Å². The topological polar surface area (TPSA) is 96.6 Å². The van der Waals surface area contributed by atoms with Crippen LogP contribution in [-0.2, 0) is 10.0 Å². The van der Waals surface area contributed by atoms with E-state index >= 15 is 0 Å². The van der Waals surface area contributed by atoms with Gasteiger partial charge in [0, 0.05) is 17.4 Å². The molecule has 0 aliphatic carbocycles. The van der Waals surface area contributed by atoms with Crippen LogP contribution in [0.3, 0.4) is 0 Å². The van der Waals surface area contributed by atoms with Crippen molar-refractivity contribution in [3.05, 3.63) is 16.5 Å². The molecule has 0 radical (unpaired) electrons. The van der Waals surface area contributed by atoms with Crippen molar-refractivity contribution in [1.29, 1.82) is 0 Å². The molecule has 0 aliphatic rings. The van der Waals surface area contributed by atoms with E-state index in [9.17, 15) is 13.2 Å². The van der Waals surface area contributed by atoms with Crippen molar-refractivity contribution in [2.75, 3.05) is 12.8 Å². The van der Waals surface area contributed by atoms with Gasteiger partial charge in [-0.2, -0.15) is 11.8 Å². The number of aromatic carboxylic acids is 1. The summed E-state index contributed by atoms with van der Waals surface area (Å²) in [6, 6.07) is 0.993. The van der Waals surface area contributed by atoms with Crippen molar-refractivity contribution < 1.29 is 22.7 Å². The number of nitrogens with one attached hydrogen (secondary N) is 1. The van der Waals surface area contributed by atoms with E-state index in [0.29, 0.717) is 0 Å². The first-order valence-corrected chi connectivity index (χ1v) is 9.79. The zero-order valence-corrected chi connectivity index (χ0v) is 15.2. The lowest BCUT2D eigenvalue weighted by molar-refractivity contribution is 0.0661. The molecule has 0 fully saturated rings. The van der Waals surface area contributed by atoms with E-state index < -0.39 is 21.8 Å². The molecule has 1 heterocycles. The maximum Gasteiger partial charge on any atom is 0.371 e. The molecule has 1 rings (SSSR count). The number of furan rings is 1. The quantitative estimate of drug-likeness (QED) is 0.697. The normalized spacial score (nSPS) is 12.6. The Morgan fingerprint density at radius 2 is 2.05 bits per heavy atom. The zero-order valence-electron chi connectivity index (χ0n) is 12.0. The van der Waals surface area contributed by atoms with Crippen LogP contribution in [0.5, 0.6) is 0 Å². The molecule has 1 aromatic rings. The Morgan fingerprint density at radius 3 is 2.43 bits per heavy atom. The highest BCUT2D eigenvalue weighted by Crippen LogP contribution is 2.31. The third-order valence-corrected chi connectivity index (χ3v) is 7.31. The van der Waals surface area contributed by atoms with Gasteiger partial charge >= 0.3 is 5.97 Å². The third kappa shape index (κ3) is 4.24. The van der Waals surface area contributed by atoms with Gasteiger partial charge in [-0.3, -0.25) is 0 Å². The van der Waals surface area contributed by atoms with Crippen LogP contribution in [0.25, 0.3) is 0 Å². The molecule has 2 N–H and O–H groups in total. The monoisotopic (exact) mass is 399 g/mol. The molecule has 0 atom stereocenters. The minimum Gasteiger partial charge on any atom is -0.475 e. The Kier molecular flexibility index (Phi) is 6.33. The number of carbonyl (C=O) groups is 1. The van der Waals surface area contributed by atoms with Gasteiger partial charge < -0.3 is 9.52 Å². The molecule has 1 aromatic heterocycles. The van der Waals surface area contributed by atoms with Crippen molar-refractivity contribution in [2.45, 2.75) is 36.3 Å². The van der Waals surface area contributed by atoms with Crippen LogP contribution in [0.15, 0.2) is 20.0 Å². The first kappa shape index (κ1) is 18.5. The number of halogens is 1. The largest absolute Gasteiger partial charge is 0.475 e. The fourth-order valence-electron chi connectivity index (χ4n) is 1.81. The molecule has 120 valence electrons. The number of thioether (sulfide) groups is 1. The Labute approximate surface area is 136 Å². The second kappa shape index (κ2) is 7.17. The minimum atomic E-state index is -3.83. The second-order valence-electron chi connectivity index (χ2n) is 4.47. The molecule has 9 heteroatoms. The summed E-state index contributed by atoms with van der Waals surface area (Å²) in [7, 11) is -3.83. The lowest BCUT2D eigenvalue weighted by Gasteiger charge is -2.29. The summed E-state index contributed by atoms with van der Waals surface area (Å²) >= 11 is 4.55. The molecule has 0 spiro atoms. The zero-order chi connectivity index (χ0) is 16.3. The van der Waals surface area contributed by atoms with E-state index in [1.165, 1.54) is 0 Å². The van der Waals surface area contributed by atoms with Gasteiger partial charge in [-0.05, 0) is 35.0 Å². The van der Waals surface area contributed by atoms with Gasteiger partial charge in [0.1, 0.15) is 4.90 Å². The Balaban J connectivity index is 3.00. The van der Waals surface area contributed by atoms with Gasteiger partial charge in [0.2, 0.25) is 15.8 Å². The lowest BCUT2D eigenvalue weighted by Crippen LogP contribution is -2.39. The maximum absolute atomic E-state index is 12.3. The van der Waals surface area contributed by atoms with Gasteiger partial charge in [0.05, 0.1) is 0 Å². The number of sulfonamides is 1. The summed E-state index contributed by atoms with van der Waals surface area (Å²) < 4.78 is 31.7. The number of hydrogen-bond acceptors (Lipinski definition) is 5. The highest BCUT2D eigenvalue weighted by molar-refractivity contribution is 9.10. The molecule has 0 unspecified atom stereocenters. The number of carboxylic acid groups (broad SMARTS) is 1. The van der Waals surface area contributed by atoms with E-state index in [1.54, 1.807) is 11.8 Å². The average Bonchev–Trinajstić information content (AvgIpc) is 2.84. The van der Waals surface area contributed by atoms with Crippen molar-refractivity contribution in [3.63, 3.8) is 0 Å². The molecule has 0 saturated carbocycles. The third-order valence-electron chi connectivity index (χ3n) is 3.46. The van der Waals surface area contributed by atoms with E-state index in [4.69, 9.17) is 9.52 Å². The van der Waals surface area contributed by atoms with Gasteiger partial charge in [-0.25, -0.2) is 17.9 Å². The molecular formula is C12H18BrNO5S2. The summed E-state index contributed by atoms with van der Waals surface area (Å²) in [6.45, 7) is 4.28. The standard InChI is InChI=1S/C12H18BrNO5S2/c1-4-12(5-2,20-3)7-14-21(17,18)9-6-8(11(15)16)19-10(9)13/h6,14H,4-5,7H2,1-3H3,(H,15,16). The number of rotatable bonds is 8. The second-order valence-corrected chi connectivity index (χ2v) is 8.20. The van der Waals surface area contributed by atoms with Crippen LogP contribution >= 0.6 is 27.7 Å². The molecule has 0 aromatic carbocycles. The van der Waals surface area contributed by atoms with Crippen molar-refractivity contribution in [2.24, 2.45) is 0 Å². The molecule has 0 bridgehead atoms. The maximum atomic E-state index is 12.3. The first-order chi connectivity index (χ1) is 9.71. The van der Waals surface area contributed by atoms with Crippen LogP contribution in [0, 0.1) is 0 Å². The molecular weight excluding hydrogens is 382 g/mol. The fraction of sp³-hybridized carbons (Fsp3) is 0.583. The Morgan fingerprint density at radius 1 is 1.48 bits per heavy atom. The van der Waals surface area contributed by atoms with Crippen molar-refractivity contribution in [3.8, 4) is 0 Å². The van der Waals surface area contributed by atoms with Crippen LogP contribution in [-0.4, -0.2) is 37.0 Å². The van der Waals surface area contributed by atoms with Gasteiger partial charge in [0.25, 0.3) is 0 Å². The van der Waals surface area contributed by atoms with E-state index in [-0.39, 0.29) is 20.9 Å². The van der Waals surface area contributed by atoms with Crippen LogP contribution in [0.4, 0.5) is 0 Å². The smallest absolute Gasteiger partial charge is 0.371 e. The van der Waals surface area contributed by atoms with Crippen LogP contribution in [0.2, 0.25) is 0 Å². The fourth-order valence-corrected chi connectivity index (χ4v) is 4.76. The molecule has 0 amide bonds. The summed E-state index contributed by atoms with van der Waals surface area (Å²) in [5.74, 6) is -1.75. The SMILES string of the molecule is CCC(CC)(CNS(=O)(=O)c1cc(C(=O)O)oc1Br)SC. The minimum absolute atomic E-state index is 0.116. The van der Waals surface area contributed by atoms with Gasteiger partial charge in [-0.15, -0.1) is 0 Å². The highest BCUT2D eigenvalue weighted by Gasteiger charge is 2.30. The summed E-state index contributed by atoms with van der Waals surface area (Å²) in [4.78, 5) is 10.6. The summed E-state index contributed by atoms with van der Waals surface area (Å²) in [5, 5.41) is 8.83. The lowest BCUT2D eigenvalue weighted by atomic mass is 10.0. The van der Waals surface area contributed by atoms with E-state index in [0.717, 1.165) is 18.9 Å². The number of carboxylic acids is 1. The van der Waals surface area contributed by atoms with Gasteiger partial charge in [-0.1, -0.05) is 13.8 Å². The first-order valence-electron chi connectivity index (χ1n) is 6.28. The predicted molar refractivity (Wildman–Crippen MR) is 85.4 cm³/mol.